The smallest absolute Gasteiger partial charge is 0.196 e. The number of halogens is 1. The largest absolute Gasteiger partial charge is 0.441 e. The van der Waals surface area contributed by atoms with Crippen LogP contribution in [0.5, 0.6) is 0 Å². The third-order valence-electron chi connectivity index (χ3n) is 2.95. The number of aryl methyl sites for hydroxylation is 1. The van der Waals surface area contributed by atoms with E-state index in [0.29, 0.717) is 11.7 Å². The minimum atomic E-state index is -0.232. The zero-order valence-corrected chi connectivity index (χ0v) is 11.4. The molecule has 2 rings (SSSR count). The van der Waals surface area contributed by atoms with E-state index in [1.54, 1.807) is 12.3 Å². The van der Waals surface area contributed by atoms with E-state index >= 15 is 0 Å². The van der Waals surface area contributed by atoms with Crippen molar-refractivity contribution < 1.29 is 8.81 Å². The maximum Gasteiger partial charge on any atom is 0.196 e. The summed E-state index contributed by atoms with van der Waals surface area (Å²) in [6.07, 6.45) is 3.58. The van der Waals surface area contributed by atoms with Gasteiger partial charge in [-0.3, -0.25) is 0 Å². The Bertz CT molecular complexity index is 537. The first-order valence-corrected chi connectivity index (χ1v) is 6.62. The van der Waals surface area contributed by atoms with Crippen LogP contribution in [0.1, 0.15) is 24.8 Å². The highest BCUT2D eigenvalue weighted by Crippen LogP contribution is 2.24. The van der Waals surface area contributed by atoms with Crippen LogP contribution in [0, 0.1) is 12.7 Å². The molecule has 0 unspecified atom stereocenters. The van der Waals surface area contributed by atoms with Gasteiger partial charge < -0.3 is 9.73 Å². The SMILES string of the molecule is CCCNCCc1ncc(-c2ccc(F)cc2C)o1. The molecule has 102 valence electrons. The highest BCUT2D eigenvalue weighted by Gasteiger charge is 2.09. The van der Waals surface area contributed by atoms with E-state index in [4.69, 9.17) is 4.42 Å². The monoisotopic (exact) mass is 262 g/mol. The number of benzene rings is 1. The second kappa shape index (κ2) is 6.48. The van der Waals surface area contributed by atoms with Gasteiger partial charge in [0.05, 0.1) is 6.20 Å². The molecule has 0 spiro atoms. The molecule has 4 heteroatoms. The van der Waals surface area contributed by atoms with Gasteiger partial charge in [0.2, 0.25) is 0 Å². The molecule has 0 radical (unpaired) electrons. The molecule has 0 atom stereocenters. The van der Waals surface area contributed by atoms with E-state index in [2.05, 4.69) is 17.2 Å². The Morgan fingerprint density at radius 1 is 1.32 bits per heavy atom. The van der Waals surface area contributed by atoms with Gasteiger partial charge in [0.15, 0.2) is 11.7 Å². The van der Waals surface area contributed by atoms with Gasteiger partial charge in [-0.05, 0) is 43.7 Å². The standard InChI is InChI=1S/C15H19FN2O/c1-3-7-17-8-6-15-18-10-14(19-15)13-5-4-12(16)9-11(13)2/h4-5,9-10,17H,3,6-8H2,1-2H3. The number of aromatic nitrogens is 1. The second-order valence-corrected chi connectivity index (χ2v) is 4.58. The molecule has 0 saturated carbocycles. The van der Waals surface area contributed by atoms with Crippen LogP contribution in [0.2, 0.25) is 0 Å². The quantitative estimate of drug-likeness (QED) is 0.811. The Morgan fingerprint density at radius 3 is 2.89 bits per heavy atom. The van der Waals surface area contributed by atoms with Gasteiger partial charge in [0.25, 0.3) is 0 Å². The summed E-state index contributed by atoms with van der Waals surface area (Å²) in [6.45, 7) is 5.86. The van der Waals surface area contributed by atoms with Crippen LogP contribution in [0.15, 0.2) is 28.8 Å². The van der Waals surface area contributed by atoms with Crippen LogP contribution in [0.4, 0.5) is 4.39 Å². The minimum Gasteiger partial charge on any atom is -0.441 e. The van der Waals surface area contributed by atoms with Crippen LogP contribution < -0.4 is 5.32 Å². The fourth-order valence-electron chi connectivity index (χ4n) is 1.95. The molecule has 0 aliphatic rings. The van der Waals surface area contributed by atoms with Crippen molar-refractivity contribution in [3.8, 4) is 11.3 Å². The summed E-state index contributed by atoms with van der Waals surface area (Å²) in [7, 11) is 0. The van der Waals surface area contributed by atoms with Crippen LogP contribution in [0.25, 0.3) is 11.3 Å². The van der Waals surface area contributed by atoms with E-state index in [9.17, 15) is 4.39 Å². The van der Waals surface area contributed by atoms with Crippen molar-refractivity contribution in [3.05, 3.63) is 41.7 Å². The summed E-state index contributed by atoms with van der Waals surface area (Å²) in [5.41, 5.74) is 1.74. The molecule has 0 aliphatic carbocycles. The zero-order chi connectivity index (χ0) is 13.7. The topological polar surface area (TPSA) is 38.1 Å². The summed E-state index contributed by atoms with van der Waals surface area (Å²) < 4.78 is 18.8. The normalized spacial score (nSPS) is 10.9. The molecule has 0 aliphatic heterocycles. The van der Waals surface area contributed by atoms with Crippen molar-refractivity contribution in [1.82, 2.24) is 10.3 Å². The highest BCUT2D eigenvalue weighted by molar-refractivity contribution is 5.60. The summed E-state index contributed by atoms with van der Waals surface area (Å²) in [6, 6.07) is 4.66. The van der Waals surface area contributed by atoms with Crippen molar-refractivity contribution in [1.29, 1.82) is 0 Å². The molecular formula is C15H19FN2O. The van der Waals surface area contributed by atoms with Crippen molar-refractivity contribution in [2.24, 2.45) is 0 Å². The Balaban J connectivity index is 2.04. The average Bonchev–Trinajstić information content (AvgIpc) is 2.83. The molecule has 1 N–H and O–H groups in total. The lowest BCUT2D eigenvalue weighted by Gasteiger charge is -2.02. The van der Waals surface area contributed by atoms with Crippen molar-refractivity contribution in [3.63, 3.8) is 0 Å². The lowest BCUT2D eigenvalue weighted by molar-refractivity contribution is 0.494. The number of rotatable bonds is 6. The molecule has 3 nitrogen and oxygen atoms in total. The van der Waals surface area contributed by atoms with Crippen molar-refractivity contribution in [2.75, 3.05) is 13.1 Å². The van der Waals surface area contributed by atoms with Crippen molar-refractivity contribution >= 4 is 0 Å². The Labute approximate surface area is 112 Å². The van der Waals surface area contributed by atoms with E-state index < -0.39 is 0 Å². The molecule has 1 heterocycles. The van der Waals surface area contributed by atoms with Crippen LogP contribution in [-0.2, 0) is 6.42 Å². The second-order valence-electron chi connectivity index (χ2n) is 4.58. The fourth-order valence-corrected chi connectivity index (χ4v) is 1.95. The number of hydrogen-bond donors (Lipinski definition) is 1. The van der Waals surface area contributed by atoms with Crippen LogP contribution in [-0.4, -0.2) is 18.1 Å². The van der Waals surface area contributed by atoms with Gasteiger partial charge in [-0.15, -0.1) is 0 Å². The molecule has 2 aromatic rings. The van der Waals surface area contributed by atoms with E-state index in [-0.39, 0.29) is 5.82 Å². The lowest BCUT2D eigenvalue weighted by atomic mass is 10.1. The van der Waals surface area contributed by atoms with Crippen LogP contribution >= 0.6 is 0 Å². The first-order chi connectivity index (χ1) is 9.20. The molecule has 0 fully saturated rings. The molecule has 19 heavy (non-hydrogen) atoms. The fraction of sp³-hybridized carbons (Fsp3) is 0.400. The molecule has 0 amide bonds. The van der Waals surface area contributed by atoms with E-state index in [0.717, 1.165) is 37.1 Å². The van der Waals surface area contributed by atoms with Crippen LogP contribution in [0.3, 0.4) is 0 Å². The summed E-state index contributed by atoms with van der Waals surface area (Å²) in [5, 5.41) is 3.30. The van der Waals surface area contributed by atoms with E-state index in [1.165, 1.54) is 12.1 Å². The minimum absolute atomic E-state index is 0.232. The molecular weight excluding hydrogens is 243 g/mol. The Morgan fingerprint density at radius 2 is 2.16 bits per heavy atom. The van der Waals surface area contributed by atoms with Gasteiger partial charge in [-0.25, -0.2) is 9.37 Å². The van der Waals surface area contributed by atoms with Gasteiger partial charge >= 0.3 is 0 Å². The molecule has 0 bridgehead atoms. The number of oxazole rings is 1. The van der Waals surface area contributed by atoms with Gasteiger partial charge in [-0.2, -0.15) is 0 Å². The van der Waals surface area contributed by atoms with E-state index in [1.807, 2.05) is 6.92 Å². The Hall–Kier alpha value is -1.68. The zero-order valence-electron chi connectivity index (χ0n) is 11.4. The van der Waals surface area contributed by atoms with Gasteiger partial charge in [-0.1, -0.05) is 6.92 Å². The number of nitrogens with zero attached hydrogens (tertiary/aromatic N) is 1. The number of hydrogen-bond acceptors (Lipinski definition) is 3. The molecule has 0 saturated heterocycles. The van der Waals surface area contributed by atoms with Gasteiger partial charge in [0.1, 0.15) is 5.82 Å². The summed E-state index contributed by atoms with van der Waals surface area (Å²) in [5.74, 6) is 1.18. The number of nitrogens with one attached hydrogen (secondary N) is 1. The third-order valence-corrected chi connectivity index (χ3v) is 2.95. The summed E-state index contributed by atoms with van der Waals surface area (Å²) >= 11 is 0. The van der Waals surface area contributed by atoms with Crippen molar-refractivity contribution in [2.45, 2.75) is 26.7 Å². The Kier molecular flexibility index (Phi) is 4.68. The average molecular weight is 262 g/mol. The third kappa shape index (κ3) is 3.64. The van der Waals surface area contributed by atoms with Gasteiger partial charge in [0, 0.05) is 18.5 Å². The predicted octanol–water partition coefficient (Wildman–Crippen LogP) is 3.33. The molecule has 1 aromatic heterocycles. The summed E-state index contributed by atoms with van der Waals surface area (Å²) in [4.78, 5) is 4.25. The highest BCUT2D eigenvalue weighted by atomic mass is 19.1. The maximum atomic E-state index is 13.1. The predicted molar refractivity (Wildman–Crippen MR) is 73.5 cm³/mol. The first kappa shape index (κ1) is 13.7. The molecule has 1 aromatic carbocycles. The maximum absolute atomic E-state index is 13.1. The lowest BCUT2D eigenvalue weighted by Crippen LogP contribution is -2.17. The first-order valence-electron chi connectivity index (χ1n) is 6.62.